The van der Waals surface area contributed by atoms with Crippen molar-refractivity contribution in [3.8, 4) is 11.5 Å². The van der Waals surface area contributed by atoms with Crippen LogP contribution in [0.1, 0.15) is 37.6 Å². The van der Waals surface area contributed by atoms with Crippen LogP contribution in [-0.4, -0.2) is 10.7 Å². The Morgan fingerprint density at radius 3 is 2.32 bits per heavy atom. The summed E-state index contributed by atoms with van der Waals surface area (Å²) in [5.41, 5.74) is 0.753. The maximum atomic E-state index is 14.0. The van der Waals surface area contributed by atoms with Crippen molar-refractivity contribution in [2.24, 2.45) is 0 Å². The molecule has 0 saturated heterocycles. The van der Waals surface area contributed by atoms with Gasteiger partial charge in [-0.1, -0.05) is 32.9 Å². The molecule has 0 aromatic heterocycles. The standard InChI is InChI=1S/C21H16F2N2O4.C2H6/c1-2-19(26)15-5-3-4-6-17(15)24-18-12-14(25(27)28)8-10-21(18)29-20-9-7-13(22)11-16(20)23;1-2/h3-12,24H,2H2,1H3;1-2H3. The van der Waals surface area contributed by atoms with Gasteiger partial charge in [-0.05, 0) is 30.3 Å². The van der Waals surface area contributed by atoms with E-state index < -0.39 is 16.6 Å². The lowest BCUT2D eigenvalue weighted by molar-refractivity contribution is -0.384. The average molecular weight is 428 g/mol. The molecule has 1 N–H and O–H groups in total. The number of carbonyl (C=O) groups excluding carboxylic acids is 1. The van der Waals surface area contributed by atoms with Crippen LogP contribution in [0.5, 0.6) is 11.5 Å². The molecule has 0 fully saturated rings. The first-order valence-corrected chi connectivity index (χ1v) is 9.69. The molecule has 0 saturated carbocycles. The smallest absolute Gasteiger partial charge is 0.271 e. The summed E-state index contributed by atoms with van der Waals surface area (Å²) in [6.07, 6.45) is 0.276. The van der Waals surface area contributed by atoms with Crippen LogP contribution in [0.2, 0.25) is 0 Å². The highest BCUT2D eigenvalue weighted by molar-refractivity contribution is 6.01. The molecule has 0 radical (unpaired) electrons. The normalized spacial score (nSPS) is 9.97. The Labute approximate surface area is 178 Å². The Bertz CT molecular complexity index is 1090. The van der Waals surface area contributed by atoms with Crippen LogP contribution in [0.25, 0.3) is 0 Å². The first-order chi connectivity index (χ1) is 14.9. The van der Waals surface area contributed by atoms with E-state index in [4.69, 9.17) is 4.74 Å². The zero-order chi connectivity index (χ0) is 23.0. The van der Waals surface area contributed by atoms with E-state index in [1.165, 1.54) is 18.2 Å². The van der Waals surface area contributed by atoms with E-state index in [0.29, 0.717) is 17.3 Å². The molecule has 3 aromatic carbocycles. The Morgan fingerprint density at radius 1 is 1.00 bits per heavy atom. The number of nitro benzene ring substituents is 1. The molecule has 0 aliphatic carbocycles. The van der Waals surface area contributed by atoms with Gasteiger partial charge in [-0.15, -0.1) is 0 Å². The van der Waals surface area contributed by atoms with Gasteiger partial charge in [0, 0.05) is 35.9 Å². The fraction of sp³-hybridized carbons (Fsp3) is 0.174. The second-order valence-corrected chi connectivity index (χ2v) is 6.06. The minimum Gasteiger partial charge on any atom is -0.452 e. The number of hydrogen-bond acceptors (Lipinski definition) is 5. The zero-order valence-corrected chi connectivity index (χ0v) is 17.3. The van der Waals surface area contributed by atoms with E-state index in [0.717, 1.165) is 12.1 Å². The molecule has 0 aliphatic heterocycles. The number of carbonyl (C=O) groups is 1. The molecular weight excluding hydrogens is 406 g/mol. The predicted octanol–water partition coefficient (Wildman–Crippen LogP) is 7.03. The van der Waals surface area contributed by atoms with E-state index in [-0.39, 0.29) is 35.1 Å². The first kappa shape index (κ1) is 23.5. The molecule has 0 bridgehead atoms. The predicted molar refractivity (Wildman–Crippen MR) is 115 cm³/mol. The number of para-hydroxylation sites is 1. The summed E-state index contributed by atoms with van der Waals surface area (Å²) in [4.78, 5) is 22.8. The number of Topliss-reactive ketones (excluding diaryl/α,β-unsaturated/α-hetero) is 1. The van der Waals surface area contributed by atoms with Crippen molar-refractivity contribution in [1.29, 1.82) is 0 Å². The molecule has 0 unspecified atom stereocenters. The molecule has 3 aromatic rings. The maximum absolute atomic E-state index is 14.0. The van der Waals surface area contributed by atoms with Gasteiger partial charge in [0.05, 0.1) is 10.6 Å². The van der Waals surface area contributed by atoms with Crippen LogP contribution in [0.15, 0.2) is 60.7 Å². The molecule has 0 aliphatic rings. The lowest BCUT2D eigenvalue weighted by Crippen LogP contribution is -2.04. The Kier molecular flexibility index (Phi) is 8.19. The van der Waals surface area contributed by atoms with E-state index in [2.05, 4.69) is 5.32 Å². The van der Waals surface area contributed by atoms with Gasteiger partial charge in [-0.3, -0.25) is 14.9 Å². The van der Waals surface area contributed by atoms with E-state index >= 15 is 0 Å². The number of ketones is 1. The van der Waals surface area contributed by atoms with Gasteiger partial charge in [-0.25, -0.2) is 8.78 Å². The van der Waals surface area contributed by atoms with Crippen LogP contribution < -0.4 is 10.1 Å². The van der Waals surface area contributed by atoms with E-state index in [9.17, 15) is 23.7 Å². The molecule has 6 nitrogen and oxygen atoms in total. The van der Waals surface area contributed by atoms with Crippen molar-refractivity contribution >= 4 is 22.8 Å². The number of hydrogen-bond donors (Lipinski definition) is 1. The SMILES string of the molecule is CC.CCC(=O)c1ccccc1Nc1cc([N+](=O)[O-])ccc1Oc1ccc(F)cc1F. The molecule has 31 heavy (non-hydrogen) atoms. The van der Waals surface area contributed by atoms with Crippen LogP contribution >= 0.6 is 0 Å². The van der Waals surface area contributed by atoms with Crippen molar-refractivity contribution in [2.75, 3.05) is 5.32 Å². The number of nitro groups is 1. The third-order valence-electron chi connectivity index (χ3n) is 4.11. The second-order valence-electron chi connectivity index (χ2n) is 6.06. The largest absolute Gasteiger partial charge is 0.452 e. The molecule has 8 heteroatoms. The molecule has 0 atom stereocenters. The van der Waals surface area contributed by atoms with Crippen molar-refractivity contribution in [3.05, 3.63) is 88.0 Å². The summed E-state index contributed by atoms with van der Waals surface area (Å²) < 4.78 is 32.6. The lowest BCUT2D eigenvalue weighted by Gasteiger charge is -2.15. The van der Waals surface area contributed by atoms with Crippen molar-refractivity contribution in [1.82, 2.24) is 0 Å². The van der Waals surface area contributed by atoms with Gasteiger partial charge in [0.2, 0.25) is 0 Å². The molecular formula is C23H22F2N2O4. The summed E-state index contributed by atoms with van der Waals surface area (Å²) >= 11 is 0. The minimum absolute atomic E-state index is 0.0693. The number of ether oxygens (including phenoxy) is 1. The molecule has 0 amide bonds. The lowest BCUT2D eigenvalue weighted by atomic mass is 10.1. The quantitative estimate of drug-likeness (QED) is 0.248. The van der Waals surface area contributed by atoms with Gasteiger partial charge in [0.1, 0.15) is 5.82 Å². The van der Waals surface area contributed by atoms with Crippen molar-refractivity contribution in [3.63, 3.8) is 0 Å². The summed E-state index contributed by atoms with van der Waals surface area (Å²) in [6, 6.07) is 13.2. The molecule has 0 spiro atoms. The topological polar surface area (TPSA) is 81.5 Å². The Morgan fingerprint density at radius 2 is 1.68 bits per heavy atom. The third kappa shape index (κ3) is 5.85. The zero-order valence-electron chi connectivity index (χ0n) is 17.3. The molecule has 3 rings (SSSR count). The van der Waals surface area contributed by atoms with Gasteiger partial charge >= 0.3 is 0 Å². The fourth-order valence-corrected chi connectivity index (χ4v) is 2.67. The summed E-state index contributed by atoms with van der Waals surface area (Å²) in [5.74, 6) is -1.98. The van der Waals surface area contributed by atoms with Gasteiger partial charge in [-0.2, -0.15) is 0 Å². The number of benzene rings is 3. The highest BCUT2D eigenvalue weighted by atomic mass is 19.1. The summed E-state index contributed by atoms with van der Waals surface area (Å²) in [6.45, 7) is 5.72. The maximum Gasteiger partial charge on any atom is 0.271 e. The minimum atomic E-state index is -0.920. The monoisotopic (exact) mass is 428 g/mol. The number of halogens is 2. The second kappa shape index (κ2) is 10.8. The summed E-state index contributed by atoms with van der Waals surface area (Å²) in [7, 11) is 0. The molecule has 162 valence electrons. The average Bonchev–Trinajstić information content (AvgIpc) is 2.77. The third-order valence-corrected chi connectivity index (χ3v) is 4.11. The Hall–Kier alpha value is -3.81. The van der Waals surface area contributed by atoms with E-state index in [1.54, 1.807) is 31.2 Å². The van der Waals surface area contributed by atoms with Gasteiger partial charge < -0.3 is 10.1 Å². The first-order valence-electron chi connectivity index (χ1n) is 9.69. The number of nitrogens with one attached hydrogen (secondary N) is 1. The van der Waals surface area contributed by atoms with Crippen LogP contribution in [0.3, 0.4) is 0 Å². The van der Waals surface area contributed by atoms with Crippen LogP contribution in [0.4, 0.5) is 25.8 Å². The number of non-ortho nitro benzene ring substituents is 1. The highest BCUT2D eigenvalue weighted by Crippen LogP contribution is 2.36. The van der Waals surface area contributed by atoms with E-state index in [1.807, 2.05) is 13.8 Å². The van der Waals surface area contributed by atoms with Crippen LogP contribution in [0, 0.1) is 21.7 Å². The van der Waals surface area contributed by atoms with Crippen molar-refractivity contribution in [2.45, 2.75) is 27.2 Å². The van der Waals surface area contributed by atoms with Crippen molar-refractivity contribution < 1.29 is 23.2 Å². The number of anilines is 2. The molecule has 0 heterocycles. The number of rotatable bonds is 7. The summed E-state index contributed by atoms with van der Waals surface area (Å²) in [5, 5.41) is 14.1. The Balaban J connectivity index is 0.00000166. The highest BCUT2D eigenvalue weighted by Gasteiger charge is 2.17. The fourth-order valence-electron chi connectivity index (χ4n) is 2.67. The number of nitrogens with zero attached hydrogens (tertiary/aromatic N) is 1. The van der Waals surface area contributed by atoms with Gasteiger partial charge in [0.15, 0.2) is 23.1 Å². The van der Waals surface area contributed by atoms with Crippen LogP contribution in [-0.2, 0) is 0 Å². The van der Waals surface area contributed by atoms with Gasteiger partial charge in [0.25, 0.3) is 5.69 Å².